The highest BCUT2D eigenvalue weighted by Crippen LogP contribution is 2.41. The molecule has 2 heterocycles. The average molecular weight is 448 g/mol. The van der Waals surface area contributed by atoms with E-state index in [-0.39, 0.29) is 17.4 Å². The third-order valence-corrected chi connectivity index (χ3v) is 6.45. The van der Waals surface area contributed by atoms with Crippen molar-refractivity contribution in [2.45, 2.75) is 25.0 Å². The van der Waals surface area contributed by atoms with Crippen LogP contribution in [0, 0.1) is 0 Å². The first kappa shape index (κ1) is 20.7. The number of aliphatic hydroxyl groups is 1. The van der Waals surface area contributed by atoms with Crippen LogP contribution in [-0.4, -0.2) is 41.0 Å². The van der Waals surface area contributed by atoms with Gasteiger partial charge in [-0.1, -0.05) is 66.2 Å². The van der Waals surface area contributed by atoms with Crippen LogP contribution in [0.2, 0.25) is 5.02 Å². The number of nitrogens with zero attached hydrogens (tertiary/aromatic N) is 1. The Bertz CT molecular complexity index is 1220. The number of Topliss-reactive ketones (excluding diaryl/α,β-unsaturated/α-hetero) is 1. The second-order valence-corrected chi connectivity index (χ2v) is 8.60. The van der Waals surface area contributed by atoms with Gasteiger partial charge in [-0.25, -0.2) is 0 Å². The zero-order valence-corrected chi connectivity index (χ0v) is 18.1. The van der Waals surface area contributed by atoms with E-state index in [4.69, 9.17) is 16.3 Å². The Balaban J connectivity index is 1.68. The summed E-state index contributed by atoms with van der Waals surface area (Å²) in [6.45, 7) is 0.945. The molecule has 2 atom stereocenters. The minimum atomic E-state index is -0.713. The van der Waals surface area contributed by atoms with Crippen molar-refractivity contribution in [3.05, 3.63) is 88.5 Å². The molecule has 32 heavy (non-hydrogen) atoms. The molecule has 0 spiro atoms. The predicted molar refractivity (Wildman–Crippen MR) is 123 cm³/mol. The van der Waals surface area contributed by atoms with Crippen molar-refractivity contribution < 1.29 is 19.4 Å². The highest BCUT2D eigenvalue weighted by Gasteiger charge is 2.47. The lowest BCUT2D eigenvalue weighted by atomic mass is 9.93. The minimum absolute atomic E-state index is 0.0895. The van der Waals surface area contributed by atoms with Gasteiger partial charge in [0.2, 0.25) is 0 Å². The van der Waals surface area contributed by atoms with E-state index in [1.165, 1.54) is 4.90 Å². The van der Waals surface area contributed by atoms with Gasteiger partial charge in [0, 0.05) is 23.7 Å². The summed E-state index contributed by atoms with van der Waals surface area (Å²) >= 11 is 6.08. The van der Waals surface area contributed by atoms with Gasteiger partial charge in [-0.3, -0.25) is 9.59 Å². The number of hydrogen-bond acceptors (Lipinski definition) is 4. The standard InChI is InChI=1S/C26H22ClNO4/c27-18-12-10-17(11-13-18)23-22(25(30)26(31)28(23)15-19-7-4-14-32-19)24(29)21-9-3-6-16-5-1-2-8-20(16)21/h1-3,5-6,8-13,19,23,29H,4,7,14-15H2/b24-22-. The fourth-order valence-corrected chi connectivity index (χ4v) is 4.77. The summed E-state index contributed by atoms with van der Waals surface area (Å²) in [6, 6.07) is 19.5. The van der Waals surface area contributed by atoms with E-state index < -0.39 is 17.7 Å². The number of rotatable bonds is 4. The fraction of sp³-hybridized carbons (Fsp3) is 0.231. The van der Waals surface area contributed by atoms with Crippen LogP contribution in [0.4, 0.5) is 0 Å². The van der Waals surface area contributed by atoms with Crippen molar-refractivity contribution in [2.24, 2.45) is 0 Å². The van der Waals surface area contributed by atoms with Gasteiger partial charge in [0.1, 0.15) is 5.76 Å². The molecule has 3 aromatic carbocycles. The minimum Gasteiger partial charge on any atom is -0.507 e. The molecule has 162 valence electrons. The van der Waals surface area contributed by atoms with Crippen molar-refractivity contribution in [3.63, 3.8) is 0 Å². The summed E-state index contributed by atoms with van der Waals surface area (Å²) in [5, 5.41) is 13.7. The van der Waals surface area contributed by atoms with Crippen LogP contribution in [0.1, 0.15) is 30.0 Å². The zero-order chi connectivity index (χ0) is 22.2. The second-order valence-electron chi connectivity index (χ2n) is 8.16. The topological polar surface area (TPSA) is 66.8 Å². The SMILES string of the molecule is O=C1C(=O)N(CC2CCCO2)C(c2ccc(Cl)cc2)/C1=C(/O)c1cccc2ccccc12. The molecule has 0 aliphatic carbocycles. The third kappa shape index (κ3) is 3.57. The maximum absolute atomic E-state index is 13.2. The largest absolute Gasteiger partial charge is 0.507 e. The Labute approximate surface area is 190 Å². The molecule has 3 aromatic rings. The molecule has 0 aromatic heterocycles. The van der Waals surface area contributed by atoms with E-state index in [1.807, 2.05) is 36.4 Å². The molecular weight excluding hydrogens is 426 g/mol. The van der Waals surface area contributed by atoms with Gasteiger partial charge in [0.25, 0.3) is 11.7 Å². The first-order chi connectivity index (χ1) is 15.5. The number of halogens is 1. The lowest BCUT2D eigenvalue weighted by molar-refractivity contribution is -0.140. The maximum atomic E-state index is 13.2. The molecule has 1 N–H and O–H groups in total. The molecule has 5 rings (SSSR count). The van der Waals surface area contributed by atoms with Crippen LogP contribution in [0.3, 0.4) is 0 Å². The third-order valence-electron chi connectivity index (χ3n) is 6.19. The number of aliphatic hydroxyl groups excluding tert-OH is 1. The molecule has 5 nitrogen and oxygen atoms in total. The Morgan fingerprint density at radius 2 is 1.78 bits per heavy atom. The number of amides is 1. The van der Waals surface area contributed by atoms with Crippen molar-refractivity contribution in [3.8, 4) is 0 Å². The molecule has 0 radical (unpaired) electrons. The van der Waals surface area contributed by atoms with Crippen LogP contribution in [-0.2, 0) is 14.3 Å². The van der Waals surface area contributed by atoms with Gasteiger partial charge in [-0.15, -0.1) is 0 Å². The summed E-state index contributed by atoms with van der Waals surface area (Å²) in [6.07, 6.45) is 1.64. The van der Waals surface area contributed by atoms with Gasteiger partial charge in [0.05, 0.1) is 17.7 Å². The fourth-order valence-electron chi connectivity index (χ4n) is 4.64. The van der Waals surface area contributed by atoms with Gasteiger partial charge in [-0.2, -0.15) is 0 Å². The van der Waals surface area contributed by atoms with Gasteiger partial charge >= 0.3 is 0 Å². The lowest BCUT2D eigenvalue weighted by Crippen LogP contribution is -2.36. The molecule has 1 amide bonds. The smallest absolute Gasteiger partial charge is 0.295 e. The Morgan fingerprint density at radius 1 is 1.03 bits per heavy atom. The molecule has 2 fully saturated rings. The first-order valence-electron chi connectivity index (χ1n) is 10.7. The Kier molecular flexibility index (Phi) is 5.45. The van der Waals surface area contributed by atoms with Crippen LogP contribution >= 0.6 is 11.6 Å². The van der Waals surface area contributed by atoms with Crippen LogP contribution in [0.15, 0.2) is 72.3 Å². The normalized spacial score (nSPS) is 22.7. The summed E-state index contributed by atoms with van der Waals surface area (Å²) < 4.78 is 5.73. The number of ketones is 1. The van der Waals surface area contributed by atoms with E-state index in [0.717, 1.165) is 23.6 Å². The summed E-state index contributed by atoms with van der Waals surface area (Å²) in [7, 11) is 0. The Hall–Kier alpha value is -3.15. The second kappa shape index (κ2) is 8.41. The number of ether oxygens (including phenoxy) is 1. The molecule has 2 saturated heterocycles. The summed E-state index contributed by atoms with van der Waals surface area (Å²) in [5.41, 5.74) is 1.33. The van der Waals surface area contributed by atoms with E-state index >= 15 is 0 Å². The number of fused-ring (bicyclic) bond motifs is 1. The molecule has 0 saturated carbocycles. The monoisotopic (exact) mass is 447 g/mol. The molecule has 2 unspecified atom stereocenters. The van der Waals surface area contributed by atoms with E-state index in [2.05, 4.69) is 0 Å². The number of carbonyl (C=O) groups excluding carboxylic acids is 2. The van der Waals surface area contributed by atoms with Crippen LogP contribution in [0.5, 0.6) is 0 Å². The molecule has 2 aliphatic heterocycles. The lowest BCUT2D eigenvalue weighted by Gasteiger charge is -2.27. The predicted octanol–water partition coefficient (Wildman–Crippen LogP) is 5.09. The quantitative estimate of drug-likeness (QED) is 0.343. The molecule has 2 aliphatic rings. The number of hydrogen-bond donors (Lipinski definition) is 1. The van der Waals surface area contributed by atoms with E-state index in [9.17, 15) is 14.7 Å². The number of likely N-dealkylation sites (tertiary alicyclic amines) is 1. The molecular formula is C26H22ClNO4. The van der Waals surface area contributed by atoms with Crippen molar-refractivity contribution >= 4 is 39.8 Å². The van der Waals surface area contributed by atoms with Crippen LogP contribution < -0.4 is 0 Å². The van der Waals surface area contributed by atoms with E-state index in [0.29, 0.717) is 29.3 Å². The molecule has 6 heteroatoms. The highest BCUT2D eigenvalue weighted by molar-refractivity contribution is 6.46. The van der Waals surface area contributed by atoms with Gasteiger partial charge < -0.3 is 14.7 Å². The van der Waals surface area contributed by atoms with Crippen molar-refractivity contribution in [2.75, 3.05) is 13.2 Å². The van der Waals surface area contributed by atoms with E-state index in [1.54, 1.807) is 30.3 Å². The highest BCUT2D eigenvalue weighted by atomic mass is 35.5. The first-order valence-corrected chi connectivity index (χ1v) is 11.1. The summed E-state index contributed by atoms with van der Waals surface area (Å²) in [4.78, 5) is 27.8. The zero-order valence-electron chi connectivity index (χ0n) is 17.3. The van der Waals surface area contributed by atoms with Gasteiger partial charge in [0.15, 0.2) is 0 Å². The average Bonchev–Trinajstić information content (AvgIpc) is 3.41. The van der Waals surface area contributed by atoms with Gasteiger partial charge in [-0.05, 0) is 41.3 Å². The Morgan fingerprint density at radius 3 is 2.53 bits per heavy atom. The molecule has 0 bridgehead atoms. The van der Waals surface area contributed by atoms with Crippen molar-refractivity contribution in [1.29, 1.82) is 0 Å². The summed E-state index contributed by atoms with van der Waals surface area (Å²) in [5.74, 6) is -1.48. The van der Waals surface area contributed by atoms with Crippen LogP contribution in [0.25, 0.3) is 16.5 Å². The maximum Gasteiger partial charge on any atom is 0.295 e. The van der Waals surface area contributed by atoms with Crippen molar-refractivity contribution in [1.82, 2.24) is 4.90 Å². The number of carbonyl (C=O) groups is 2. The number of benzene rings is 3.